The van der Waals surface area contributed by atoms with Crippen molar-refractivity contribution in [3.05, 3.63) is 35.1 Å². The molecule has 6 nitrogen and oxygen atoms in total. The fraction of sp³-hybridized carbons (Fsp3) is 0.571. The minimum Gasteiger partial charge on any atom is -0.451 e. The van der Waals surface area contributed by atoms with Gasteiger partial charge in [-0.1, -0.05) is 19.4 Å². The van der Waals surface area contributed by atoms with Crippen LogP contribution in [0.4, 0.5) is 0 Å². The van der Waals surface area contributed by atoms with E-state index in [1.807, 2.05) is 17.9 Å². The predicted molar refractivity (Wildman–Crippen MR) is 109 cm³/mol. The molecule has 2 aliphatic rings. The van der Waals surface area contributed by atoms with Gasteiger partial charge in [0.1, 0.15) is 5.58 Å². The number of benzene rings is 1. The van der Waals surface area contributed by atoms with Crippen LogP contribution in [-0.2, 0) is 16.3 Å². The molecule has 0 bridgehead atoms. The van der Waals surface area contributed by atoms with Gasteiger partial charge >= 0.3 is 0 Å². The summed E-state index contributed by atoms with van der Waals surface area (Å²) < 4.78 is 29.4. The Morgan fingerprint density at radius 2 is 1.96 bits per heavy atom. The van der Waals surface area contributed by atoms with E-state index in [0.717, 1.165) is 29.4 Å². The molecule has 1 aromatic heterocycles. The van der Waals surface area contributed by atoms with Gasteiger partial charge < -0.3 is 9.32 Å². The van der Waals surface area contributed by atoms with Crippen LogP contribution in [0.15, 0.2) is 22.6 Å². The summed E-state index contributed by atoms with van der Waals surface area (Å²) in [6.45, 7) is 6.74. The fourth-order valence-electron chi connectivity index (χ4n) is 4.41. The van der Waals surface area contributed by atoms with Gasteiger partial charge in [-0.2, -0.15) is 0 Å². The highest BCUT2D eigenvalue weighted by Gasteiger charge is 2.35. The van der Waals surface area contributed by atoms with E-state index < -0.39 is 9.84 Å². The van der Waals surface area contributed by atoms with Crippen molar-refractivity contribution in [2.24, 2.45) is 0 Å². The summed E-state index contributed by atoms with van der Waals surface area (Å²) >= 11 is 0. The molecule has 0 radical (unpaired) electrons. The van der Waals surface area contributed by atoms with E-state index in [9.17, 15) is 13.2 Å². The first-order valence-corrected chi connectivity index (χ1v) is 12.0. The molecule has 0 aliphatic carbocycles. The maximum atomic E-state index is 13.0. The van der Waals surface area contributed by atoms with Gasteiger partial charge in [0.2, 0.25) is 0 Å². The van der Waals surface area contributed by atoms with Crippen LogP contribution in [0.1, 0.15) is 41.4 Å². The second kappa shape index (κ2) is 7.52. The van der Waals surface area contributed by atoms with Crippen LogP contribution in [0, 0.1) is 6.92 Å². The highest BCUT2D eigenvalue weighted by molar-refractivity contribution is 7.91. The molecule has 1 amide bonds. The molecule has 0 saturated carbocycles. The second-order valence-corrected chi connectivity index (χ2v) is 10.3. The number of rotatable bonds is 4. The van der Waals surface area contributed by atoms with E-state index in [1.165, 1.54) is 5.56 Å². The molecule has 3 heterocycles. The Morgan fingerprint density at radius 3 is 2.61 bits per heavy atom. The molecule has 2 saturated heterocycles. The van der Waals surface area contributed by atoms with Crippen LogP contribution in [0.3, 0.4) is 0 Å². The van der Waals surface area contributed by atoms with Crippen molar-refractivity contribution in [2.75, 3.05) is 37.7 Å². The van der Waals surface area contributed by atoms with E-state index in [2.05, 4.69) is 24.0 Å². The molecular weight excluding hydrogens is 376 g/mol. The lowest BCUT2D eigenvalue weighted by Gasteiger charge is -2.37. The molecule has 152 valence electrons. The first-order chi connectivity index (χ1) is 13.4. The minimum atomic E-state index is -2.88. The lowest BCUT2D eigenvalue weighted by molar-refractivity contribution is 0.0560. The topological polar surface area (TPSA) is 70.8 Å². The molecule has 0 N–H and O–H groups in total. The average molecular weight is 405 g/mol. The SMILES string of the molecule is CCCc1ccc2oc(C(=O)N3CCN([C@H]4CCS(=O)(=O)C4)CC3)c(C)c2c1. The van der Waals surface area contributed by atoms with Gasteiger partial charge in [-0.05, 0) is 37.5 Å². The zero-order chi connectivity index (χ0) is 19.9. The maximum Gasteiger partial charge on any atom is 0.289 e. The van der Waals surface area contributed by atoms with Crippen LogP contribution in [0.25, 0.3) is 11.0 Å². The lowest BCUT2D eigenvalue weighted by atomic mass is 10.1. The van der Waals surface area contributed by atoms with Gasteiger partial charge in [-0.3, -0.25) is 9.69 Å². The number of hydrogen-bond donors (Lipinski definition) is 0. The zero-order valence-corrected chi connectivity index (χ0v) is 17.4. The Labute approximate surface area is 166 Å². The molecule has 0 spiro atoms. The Morgan fingerprint density at radius 1 is 1.21 bits per heavy atom. The number of piperazine rings is 1. The number of amides is 1. The van der Waals surface area contributed by atoms with E-state index in [-0.39, 0.29) is 23.5 Å². The second-order valence-electron chi connectivity index (χ2n) is 8.02. The van der Waals surface area contributed by atoms with Crippen LogP contribution in [0.2, 0.25) is 0 Å². The molecule has 1 atom stereocenters. The van der Waals surface area contributed by atoms with Gasteiger partial charge in [-0.15, -0.1) is 0 Å². The minimum absolute atomic E-state index is 0.0653. The Bertz CT molecular complexity index is 987. The van der Waals surface area contributed by atoms with Crippen molar-refractivity contribution >= 4 is 26.7 Å². The summed E-state index contributed by atoms with van der Waals surface area (Å²) in [4.78, 5) is 17.1. The van der Waals surface area contributed by atoms with Gasteiger partial charge in [0.25, 0.3) is 5.91 Å². The average Bonchev–Trinajstić information content (AvgIpc) is 3.21. The summed E-state index contributed by atoms with van der Waals surface area (Å²) in [5.41, 5.74) is 2.93. The summed E-state index contributed by atoms with van der Waals surface area (Å²) in [5.74, 6) is 0.906. The van der Waals surface area contributed by atoms with E-state index >= 15 is 0 Å². The first-order valence-electron chi connectivity index (χ1n) is 10.1. The van der Waals surface area contributed by atoms with Crippen molar-refractivity contribution < 1.29 is 17.6 Å². The number of carbonyl (C=O) groups is 1. The number of nitrogens with zero attached hydrogens (tertiary/aromatic N) is 2. The molecule has 4 rings (SSSR count). The number of fused-ring (bicyclic) bond motifs is 1. The van der Waals surface area contributed by atoms with Gasteiger partial charge in [0.05, 0.1) is 11.5 Å². The van der Waals surface area contributed by atoms with Crippen molar-refractivity contribution in [1.82, 2.24) is 9.80 Å². The molecule has 2 aliphatic heterocycles. The number of aryl methyl sites for hydroxylation is 2. The number of sulfone groups is 1. The normalized spacial score (nSPS) is 22.8. The molecule has 1 aromatic carbocycles. The third-order valence-corrected chi connectivity index (χ3v) is 7.81. The predicted octanol–water partition coefficient (Wildman–Crippen LogP) is 2.64. The third kappa shape index (κ3) is 3.70. The first kappa shape index (κ1) is 19.5. The monoisotopic (exact) mass is 404 g/mol. The molecular formula is C21H28N2O4S. The summed E-state index contributed by atoms with van der Waals surface area (Å²) in [5, 5.41) is 1.02. The van der Waals surface area contributed by atoms with Crippen LogP contribution >= 0.6 is 0 Å². The Balaban J connectivity index is 1.46. The zero-order valence-electron chi connectivity index (χ0n) is 16.6. The highest BCUT2D eigenvalue weighted by atomic mass is 32.2. The van der Waals surface area contributed by atoms with Crippen molar-refractivity contribution in [3.8, 4) is 0 Å². The van der Waals surface area contributed by atoms with E-state index in [1.54, 1.807) is 0 Å². The van der Waals surface area contributed by atoms with Crippen molar-refractivity contribution in [3.63, 3.8) is 0 Å². The van der Waals surface area contributed by atoms with Crippen molar-refractivity contribution in [1.29, 1.82) is 0 Å². The Kier molecular flexibility index (Phi) is 5.22. The van der Waals surface area contributed by atoms with E-state index in [0.29, 0.717) is 38.4 Å². The van der Waals surface area contributed by atoms with Crippen molar-refractivity contribution in [2.45, 2.75) is 39.2 Å². The van der Waals surface area contributed by atoms with E-state index in [4.69, 9.17) is 4.42 Å². The molecule has 2 aromatic rings. The molecule has 2 fully saturated rings. The summed E-state index contributed by atoms with van der Waals surface area (Å²) in [7, 11) is -2.88. The van der Waals surface area contributed by atoms with Crippen LogP contribution in [-0.4, -0.2) is 67.9 Å². The van der Waals surface area contributed by atoms with Crippen LogP contribution < -0.4 is 0 Å². The highest BCUT2D eigenvalue weighted by Crippen LogP contribution is 2.28. The number of furan rings is 1. The number of carbonyl (C=O) groups excluding carboxylic acids is 1. The Hall–Kier alpha value is -1.86. The van der Waals surface area contributed by atoms with Gasteiger partial charge in [0.15, 0.2) is 15.6 Å². The summed E-state index contributed by atoms with van der Waals surface area (Å²) in [6, 6.07) is 6.26. The molecule has 0 unspecified atom stereocenters. The quantitative estimate of drug-likeness (QED) is 0.783. The number of hydrogen-bond acceptors (Lipinski definition) is 5. The largest absolute Gasteiger partial charge is 0.451 e. The standard InChI is InChI=1S/C21H28N2O4S/c1-3-4-16-5-6-19-18(13-16)15(2)20(27-19)21(24)23-10-8-22(9-11-23)17-7-12-28(25,26)14-17/h5-6,13,17H,3-4,7-12,14H2,1-2H3/t17-/m0/s1. The molecule has 28 heavy (non-hydrogen) atoms. The smallest absolute Gasteiger partial charge is 0.289 e. The van der Waals surface area contributed by atoms with Crippen LogP contribution in [0.5, 0.6) is 0 Å². The maximum absolute atomic E-state index is 13.0. The summed E-state index contributed by atoms with van der Waals surface area (Å²) in [6.07, 6.45) is 2.81. The lowest BCUT2D eigenvalue weighted by Crippen LogP contribution is -2.52. The molecule has 7 heteroatoms. The van der Waals surface area contributed by atoms with Gasteiger partial charge in [-0.25, -0.2) is 8.42 Å². The third-order valence-electron chi connectivity index (χ3n) is 6.06. The van der Waals surface area contributed by atoms with Gasteiger partial charge in [0, 0.05) is 43.2 Å². The fourth-order valence-corrected chi connectivity index (χ4v) is 6.17.